The van der Waals surface area contributed by atoms with Crippen molar-refractivity contribution >= 4 is 11.7 Å². The van der Waals surface area contributed by atoms with Crippen LogP contribution in [0.25, 0.3) is 0 Å². The first-order valence-electron chi connectivity index (χ1n) is 8.26. The standard InChI is InChI=1S/C16H28N4O2/c1-4-20-13(3)14(12(2)19-20)18-15(21)17-11-16(22)9-7-5-6-8-10-16/h22H,4-11H2,1-3H3,(H2,17,18,21). The van der Waals surface area contributed by atoms with Crippen LogP contribution in [0.5, 0.6) is 0 Å². The highest BCUT2D eigenvalue weighted by atomic mass is 16.3. The highest BCUT2D eigenvalue weighted by molar-refractivity contribution is 5.90. The first kappa shape index (κ1) is 16.8. The fourth-order valence-electron chi connectivity index (χ4n) is 3.15. The van der Waals surface area contributed by atoms with Gasteiger partial charge in [0.2, 0.25) is 0 Å². The molecule has 6 heteroatoms. The van der Waals surface area contributed by atoms with Crippen LogP contribution in [-0.2, 0) is 6.54 Å². The lowest BCUT2D eigenvalue weighted by Gasteiger charge is -2.26. The topological polar surface area (TPSA) is 79.2 Å². The fourth-order valence-corrected chi connectivity index (χ4v) is 3.15. The second kappa shape index (κ2) is 7.13. The van der Waals surface area contributed by atoms with Crippen LogP contribution < -0.4 is 10.6 Å². The molecule has 0 bridgehead atoms. The van der Waals surface area contributed by atoms with Crippen molar-refractivity contribution in [1.29, 1.82) is 0 Å². The molecule has 0 spiro atoms. The van der Waals surface area contributed by atoms with E-state index in [0.717, 1.165) is 49.3 Å². The Labute approximate surface area is 132 Å². The summed E-state index contributed by atoms with van der Waals surface area (Å²) in [5.41, 5.74) is 1.75. The lowest BCUT2D eigenvalue weighted by molar-refractivity contribution is 0.0281. The SMILES string of the molecule is CCn1nc(C)c(NC(=O)NCC2(O)CCCCCC2)c1C. The molecule has 1 saturated carbocycles. The van der Waals surface area contributed by atoms with Gasteiger partial charge in [-0.1, -0.05) is 25.7 Å². The van der Waals surface area contributed by atoms with Crippen molar-refractivity contribution in [2.24, 2.45) is 0 Å². The minimum atomic E-state index is -0.758. The molecule has 2 amide bonds. The van der Waals surface area contributed by atoms with Gasteiger partial charge in [-0.25, -0.2) is 4.79 Å². The average molecular weight is 308 g/mol. The lowest BCUT2D eigenvalue weighted by Crippen LogP contribution is -2.44. The number of nitrogens with zero attached hydrogens (tertiary/aromatic N) is 2. The van der Waals surface area contributed by atoms with Gasteiger partial charge in [-0.15, -0.1) is 0 Å². The molecule has 3 N–H and O–H groups in total. The molecule has 0 aliphatic heterocycles. The first-order valence-corrected chi connectivity index (χ1v) is 8.26. The average Bonchev–Trinajstić information content (AvgIpc) is 2.67. The van der Waals surface area contributed by atoms with Crippen LogP contribution in [0, 0.1) is 13.8 Å². The van der Waals surface area contributed by atoms with Crippen molar-refractivity contribution in [1.82, 2.24) is 15.1 Å². The number of rotatable bonds is 4. The number of hydrogen-bond donors (Lipinski definition) is 3. The molecule has 1 aromatic heterocycles. The molecule has 1 fully saturated rings. The van der Waals surface area contributed by atoms with E-state index in [0.29, 0.717) is 6.54 Å². The summed E-state index contributed by atoms with van der Waals surface area (Å²) in [4.78, 5) is 12.1. The summed E-state index contributed by atoms with van der Waals surface area (Å²) < 4.78 is 1.86. The van der Waals surface area contributed by atoms with Gasteiger partial charge in [-0.3, -0.25) is 4.68 Å². The zero-order valence-electron chi connectivity index (χ0n) is 13.9. The molecule has 0 unspecified atom stereocenters. The Morgan fingerprint density at radius 2 is 1.91 bits per heavy atom. The van der Waals surface area contributed by atoms with Gasteiger partial charge >= 0.3 is 6.03 Å². The number of urea groups is 1. The normalized spacial score (nSPS) is 17.8. The third-order valence-electron chi connectivity index (χ3n) is 4.53. The molecular formula is C16H28N4O2. The smallest absolute Gasteiger partial charge is 0.319 e. The van der Waals surface area contributed by atoms with E-state index in [2.05, 4.69) is 15.7 Å². The molecule has 0 radical (unpaired) electrons. The van der Waals surface area contributed by atoms with Crippen molar-refractivity contribution in [3.05, 3.63) is 11.4 Å². The minimum Gasteiger partial charge on any atom is -0.388 e. The van der Waals surface area contributed by atoms with Crippen molar-refractivity contribution in [2.45, 2.75) is 71.4 Å². The summed E-state index contributed by atoms with van der Waals surface area (Å²) in [6.07, 6.45) is 5.92. The van der Waals surface area contributed by atoms with Gasteiger partial charge in [0.15, 0.2) is 0 Å². The van der Waals surface area contributed by atoms with Crippen molar-refractivity contribution in [2.75, 3.05) is 11.9 Å². The van der Waals surface area contributed by atoms with E-state index in [1.165, 1.54) is 12.8 Å². The number of carbonyl (C=O) groups is 1. The summed E-state index contributed by atoms with van der Waals surface area (Å²) in [7, 11) is 0. The molecule has 1 aliphatic rings. The van der Waals surface area contributed by atoms with Crippen molar-refractivity contribution < 1.29 is 9.90 Å². The highest BCUT2D eigenvalue weighted by Gasteiger charge is 2.28. The van der Waals surface area contributed by atoms with Crippen LogP contribution in [0.15, 0.2) is 0 Å². The minimum absolute atomic E-state index is 0.278. The predicted octanol–water partition coefficient (Wildman–Crippen LogP) is 2.73. The van der Waals surface area contributed by atoms with Crippen LogP contribution in [0.2, 0.25) is 0 Å². The van der Waals surface area contributed by atoms with Crippen LogP contribution in [0.3, 0.4) is 0 Å². The maximum Gasteiger partial charge on any atom is 0.319 e. The Bertz CT molecular complexity index is 516. The molecule has 1 heterocycles. The Morgan fingerprint density at radius 1 is 1.27 bits per heavy atom. The molecule has 1 aromatic rings. The van der Waals surface area contributed by atoms with Crippen molar-refractivity contribution in [3.63, 3.8) is 0 Å². The number of aryl methyl sites for hydroxylation is 2. The summed E-state index contributed by atoms with van der Waals surface area (Å²) >= 11 is 0. The quantitative estimate of drug-likeness (QED) is 0.748. The molecule has 124 valence electrons. The van der Waals surface area contributed by atoms with Gasteiger partial charge in [-0.2, -0.15) is 5.10 Å². The van der Waals surface area contributed by atoms with Gasteiger partial charge in [0.25, 0.3) is 0 Å². The van der Waals surface area contributed by atoms with Crippen LogP contribution in [0.1, 0.15) is 56.8 Å². The third kappa shape index (κ3) is 4.00. The number of aromatic nitrogens is 2. The molecule has 2 rings (SSSR count). The largest absolute Gasteiger partial charge is 0.388 e. The number of hydrogen-bond acceptors (Lipinski definition) is 3. The van der Waals surface area contributed by atoms with Gasteiger partial charge in [-0.05, 0) is 33.6 Å². The zero-order valence-corrected chi connectivity index (χ0v) is 13.9. The number of carbonyl (C=O) groups excluding carboxylic acids is 1. The van der Waals surface area contributed by atoms with E-state index in [1.54, 1.807) is 0 Å². The number of anilines is 1. The van der Waals surface area contributed by atoms with E-state index >= 15 is 0 Å². The molecule has 0 aromatic carbocycles. The zero-order chi connectivity index (χ0) is 16.2. The van der Waals surface area contributed by atoms with Crippen LogP contribution in [-0.4, -0.2) is 33.1 Å². The van der Waals surface area contributed by atoms with Crippen LogP contribution in [0.4, 0.5) is 10.5 Å². The van der Waals surface area contributed by atoms with E-state index in [1.807, 2.05) is 25.5 Å². The molecule has 6 nitrogen and oxygen atoms in total. The Morgan fingerprint density at radius 3 is 2.45 bits per heavy atom. The van der Waals surface area contributed by atoms with E-state index in [9.17, 15) is 9.90 Å². The van der Waals surface area contributed by atoms with Gasteiger partial charge in [0.1, 0.15) is 0 Å². The summed E-state index contributed by atoms with van der Waals surface area (Å²) in [6, 6.07) is -0.278. The molecule has 1 aliphatic carbocycles. The number of aliphatic hydroxyl groups is 1. The third-order valence-corrected chi connectivity index (χ3v) is 4.53. The first-order chi connectivity index (χ1) is 10.4. The summed E-state index contributed by atoms with van der Waals surface area (Å²) in [6.45, 7) is 6.92. The fraction of sp³-hybridized carbons (Fsp3) is 0.750. The van der Waals surface area contributed by atoms with Gasteiger partial charge in [0, 0.05) is 13.1 Å². The molecule has 0 atom stereocenters. The highest BCUT2D eigenvalue weighted by Crippen LogP contribution is 2.26. The second-order valence-corrected chi connectivity index (χ2v) is 6.31. The summed E-state index contributed by atoms with van der Waals surface area (Å²) in [5.74, 6) is 0. The maximum atomic E-state index is 12.1. The van der Waals surface area contributed by atoms with Crippen molar-refractivity contribution in [3.8, 4) is 0 Å². The summed E-state index contributed by atoms with van der Waals surface area (Å²) in [5, 5.41) is 20.6. The van der Waals surface area contributed by atoms with E-state index in [-0.39, 0.29) is 6.03 Å². The molecular weight excluding hydrogens is 280 g/mol. The monoisotopic (exact) mass is 308 g/mol. The predicted molar refractivity (Wildman–Crippen MR) is 87.0 cm³/mol. The lowest BCUT2D eigenvalue weighted by atomic mass is 9.95. The maximum absolute atomic E-state index is 12.1. The molecule has 22 heavy (non-hydrogen) atoms. The van der Waals surface area contributed by atoms with Crippen LogP contribution >= 0.6 is 0 Å². The Balaban J connectivity index is 1.91. The number of nitrogens with one attached hydrogen (secondary N) is 2. The Hall–Kier alpha value is -1.56. The Kier molecular flexibility index (Phi) is 5.45. The number of amides is 2. The van der Waals surface area contributed by atoms with Gasteiger partial charge < -0.3 is 15.7 Å². The second-order valence-electron chi connectivity index (χ2n) is 6.31. The van der Waals surface area contributed by atoms with E-state index in [4.69, 9.17) is 0 Å². The van der Waals surface area contributed by atoms with E-state index < -0.39 is 5.60 Å². The molecule has 0 saturated heterocycles. The van der Waals surface area contributed by atoms with Gasteiger partial charge in [0.05, 0.1) is 22.7 Å².